The molecule has 1 aliphatic heterocycles. The number of likely N-dealkylation sites (tertiary alicyclic amines) is 1. The predicted octanol–water partition coefficient (Wildman–Crippen LogP) is 5.17. The fourth-order valence-corrected chi connectivity index (χ4v) is 8.52. The number of aliphatic hydroxyl groups excluding tert-OH is 1. The molecule has 3 saturated carbocycles. The number of β-amino-alcohol motifs (C(OH)–C–C–N with tert-alkyl or cyclic N) is 1. The Balaban J connectivity index is 1.34. The first-order valence-corrected chi connectivity index (χ1v) is 18.9. The Labute approximate surface area is 284 Å². The molecule has 10 nitrogen and oxygen atoms in total. The highest BCUT2D eigenvalue weighted by Crippen LogP contribution is 2.39. The van der Waals surface area contributed by atoms with Gasteiger partial charge in [-0.3, -0.25) is 14.5 Å². The van der Waals surface area contributed by atoms with Crippen molar-refractivity contribution in [1.29, 1.82) is 0 Å². The summed E-state index contributed by atoms with van der Waals surface area (Å²) in [5, 5.41) is 21.0. The maximum atomic E-state index is 13.6. The van der Waals surface area contributed by atoms with Crippen molar-refractivity contribution in [1.82, 2.24) is 20.9 Å². The van der Waals surface area contributed by atoms with Crippen molar-refractivity contribution in [2.75, 3.05) is 33.4 Å². The molecule has 0 bridgehead atoms. The molecule has 6 atom stereocenters. The van der Waals surface area contributed by atoms with Crippen molar-refractivity contribution in [3.05, 3.63) is 0 Å². The number of piperidine rings is 1. The highest BCUT2D eigenvalue weighted by molar-refractivity contribution is 5.82. The molecule has 4 rings (SSSR count). The summed E-state index contributed by atoms with van der Waals surface area (Å²) >= 11 is 0. The van der Waals surface area contributed by atoms with Gasteiger partial charge in [-0.15, -0.1) is 0 Å². The summed E-state index contributed by atoms with van der Waals surface area (Å²) in [5.41, 5.74) is -0.331. The van der Waals surface area contributed by atoms with Crippen LogP contribution in [-0.2, 0) is 19.1 Å². The molecule has 1 saturated heterocycles. The van der Waals surface area contributed by atoms with Crippen LogP contribution >= 0.6 is 0 Å². The van der Waals surface area contributed by atoms with E-state index in [1.54, 1.807) is 14.0 Å². The molecule has 0 aromatic heterocycles. The molecule has 3 aliphatic carbocycles. The van der Waals surface area contributed by atoms with E-state index in [2.05, 4.69) is 20.9 Å². The second-order valence-corrected chi connectivity index (χ2v) is 16.4. The largest absolute Gasteiger partial charge is 0.449 e. The van der Waals surface area contributed by atoms with E-state index in [-0.39, 0.29) is 29.9 Å². The molecule has 270 valence electrons. The van der Waals surface area contributed by atoms with E-state index >= 15 is 0 Å². The first kappa shape index (κ1) is 37.9. The molecule has 0 spiro atoms. The number of carbonyl (C=O) groups is 3. The molecular formula is C37H66N4O6. The lowest BCUT2D eigenvalue weighted by atomic mass is 9.72. The molecule has 1 heterocycles. The van der Waals surface area contributed by atoms with Gasteiger partial charge in [0.15, 0.2) is 0 Å². The number of rotatable bonds is 13. The summed E-state index contributed by atoms with van der Waals surface area (Å²) in [4.78, 5) is 41.7. The SMILES string of the molecule is COC1CCC(COC(=O)NCC(C)C(=O)N[C@@H](CC2CCCCC2)C(O)CN2CC3CCCCC3C[C@H]2C(=O)NC(C)(C)C)CC1. The number of alkyl carbamates (subject to hydrolysis) is 1. The van der Waals surface area contributed by atoms with E-state index in [9.17, 15) is 19.5 Å². The number of fused-ring (bicyclic) bond motifs is 1. The lowest BCUT2D eigenvalue weighted by Crippen LogP contribution is -2.60. The third kappa shape index (κ3) is 12.2. The highest BCUT2D eigenvalue weighted by atomic mass is 16.5. The van der Waals surface area contributed by atoms with E-state index in [0.29, 0.717) is 42.9 Å². The fourth-order valence-electron chi connectivity index (χ4n) is 8.52. The van der Waals surface area contributed by atoms with Crippen LogP contribution in [0, 0.1) is 29.6 Å². The number of carbonyl (C=O) groups excluding carboxylic acids is 3. The van der Waals surface area contributed by atoms with E-state index in [1.165, 1.54) is 44.9 Å². The topological polar surface area (TPSA) is 129 Å². The van der Waals surface area contributed by atoms with Gasteiger partial charge in [0, 0.05) is 32.3 Å². The maximum absolute atomic E-state index is 13.6. The van der Waals surface area contributed by atoms with Crippen molar-refractivity contribution < 1.29 is 29.0 Å². The van der Waals surface area contributed by atoms with Crippen LogP contribution in [0.4, 0.5) is 4.79 Å². The van der Waals surface area contributed by atoms with Crippen LogP contribution in [0.3, 0.4) is 0 Å². The van der Waals surface area contributed by atoms with Crippen LogP contribution in [0.2, 0.25) is 0 Å². The summed E-state index contributed by atoms with van der Waals surface area (Å²) < 4.78 is 10.9. The number of aliphatic hydroxyl groups is 1. The van der Waals surface area contributed by atoms with Gasteiger partial charge in [0.1, 0.15) is 0 Å². The van der Waals surface area contributed by atoms with Crippen LogP contribution in [0.25, 0.3) is 0 Å². The van der Waals surface area contributed by atoms with Gasteiger partial charge in [-0.25, -0.2) is 4.79 Å². The molecule has 4 unspecified atom stereocenters. The van der Waals surface area contributed by atoms with Gasteiger partial charge in [0.05, 0.1) is 36.8 Å². The van der Waals surface area contributed by atoms with Crippen molar-refractivity contribution in [3.8, 4) is 0 Å². The Kier molecular flexibility index (Phi) is 14.7. The van der Waals surface area contributed by atoms with Crippen LogP contribution in [0.1, 0.15) is 124 Å². The van der Waals surface area contributed by atoms with Crippen molar-refractivity contribution in [2.45, 2.75) is 154 Å². The number of nitrogens with zero attached hydrogens (tertiary/aromatic N) is 1. The van der Waals surface area contributed by atoms with Gasteiger partial charge in [0.2, 0.25) is 11.8 Å². The summed E-state index contributed by atoms with van der Waals surface area (Å²) in [6, 6.07) is -0.698. The summed E-state index contributed by atoms with van der Waals surface area (Å²) in [6.07, 6.45) is 15.1. The average Bonchev–Trinajstić information content (AvgIpc) is 3.05. The van der Waals surface area contributed by atoms with Gasteiger partial charge in [-0.05, 0) is 89.4 Å². The minimum Gasteiger partial charge on any atom is -0.449 e. The van der Waals surface area contributed by atoms with Crippen LogP contribution in [0.5, 0.6) is 0 Å². The van der Waals surface area contributed by atoms with E-state index in [1.807, 2.05) is 20.8 Å². The van der Waals surface area contributed by atoms with E-state index < -0.39 is 24.2 Å². The second kappa shape index (κ2) is 18.2. The summed E-state index contributed by atoms with van der Waals surface area (Å²) in [7, 11) is 1.75. The zero-order chi connectivity index (χ0) is 34.0. The quantitative estimate of drug-likeness (QED) is 0.214. The zero-order valence-corrected chi connectivity index (χ0v) is 30.1. The zero-order valence-electron chi connectivity index (χ0n) is 30.1. The number of hydrogen-bond donors (Lipinski definition) is 4. The summed E-state index contributed by atoms with van der Waals surface area (Å²) in [5.74, 6) is 1.27. The Morgan fingerprint density at radius 3 is 2.21 bits per heavy atom. The molecule has 47 heavy (non-hydrogen) atoms. The van der Waals surface area contributed by atoms with Gasteiger partial charge in [-0.2, -0.15) is 0 Å². The third-order valence-corrected chi connectivity index (χ3v) is 11.4. The van der Waals surface area contributed by atoms with Gasteiger partial charge >= 0.3 is 6.09 Å². The number of amides is 3. The molecular weight excluding hydrogens is 596 g/mol. The van der Waals surface area contributed by atoms with Crippen LogP contribution in [0.15, 0.2) is 0 Å². The van der Waals surface area contributed by atoms with E-state index in [4.69, 9.17) is 9.47 Å². The Hall–Kier alpha value is -1.91. The highest BCUT2D eigenvalue weighted by Gasteiger charge is 2.42. The molecule has 0 aromatic rings. The predicted molar refractivity (Wildman–Crippen MR) is 184 cm³/mol. The first-order chi connectivity index (χ1) is 22.4. The van der Waals surface area contributed by atoms with E-state index in [0.717, 1.165) is 57.9 Å². The number of methoxy groups -OCH3 is 1. The number of ether oxygens (including phenoxy) is 2. The molecule has 0 radical (unpaired) electrons. The first-order valence-electron chi connectivity index (χ1n) is 18.9. The number of nitrogens with one attached hydrogen (secondary N) is 3. The monoisotopic (exact) mass is 662 g/mol. The maximum Gasteiger partial charge on any atom is 0.407 e. The molecule has 4 aliphatic rings. The van der Waals surface area contributed by atoms with Gasteiger partial charge in [-0.1, -0.05) is 58.3 Å². The Morgan fingerprint density at radius 2 is 1.55 bits per heavy atom. The Morgan fingerprint density at radius 1 is 0.894 bits per heavy atom. The normalized spacial score (nSPS) is 29.5. The lowest BCUT2D eigenvalue weighted by Gasteiger charge is -2.47. The minimum atomic E-state index is -0.802. The molecule has 4 N–H and O–H groups in total. The minimum absolute atomic E-state index is 0.0378. The number of hydrogen-bond acceptors (Lipinski definition) is 7. The second-order valence-electron chi connectivity index (χ2n) is 16.4. The third-order valence-electron chi connectivity index (χ3n) is 11.4. The Bertz CT molecular complexity index is 990. The fraction of sp³-hybridized carbons (Fsp3) is 0.919. The van der Waals surface area contributed by atoms with Crippen molar-refractivity contribution >= 4 is 17.9 Å². The van der Waals surface area contributed by atoms with Gasteiger partial charge in [0.25, 0.3) is 0 Å². The molecule has 10 heteroatoms. The molecule has 0 aromatic carbocycles. The lowest BCUT2D eigenvalue weighted by molar-refractivity contribution is -0.133. The molecule has 3 amide bonds. The smallest absolute Gasteiger partial charge is 0.407 e. The summed E-state index contributed by atoms with van der Waals surface area (Å²) in [6.45, 7) is 9.54. The van der Waals surface area contributed by atoms with Crippen LogP contribution < -0.4 is 16.0 Å². The average molecular weight is 663 g/mol. The van der Waals surface area contributed by atoms with Crippen molar-refractivity contribution in [3.63, 3.8) is 0 Å². The molecule has 4 fully saturated rings. The standard InChI is InChI=1S/C37H66N4O6/c1-25(21-38-36(45)47-24-27-15-17-30(46-5)18-16-27)34(43)39-31(19-26-11-7-6-8-12-26)33(42)23-41-22-29-14-10-9-13-28(29)20-32(41)35(44)40-37(2,3)4/h25-33,42H,6-24H2,1-5H3,(H,38,45)(H,39,43)(H,40,44)/t25?,27?,28?,29?,30?,31-,32-,33?/m0/s1. The van der Waals surface area contributed by atoms with Crippen molar-refractivity contribution in [2.24, 2.45) is 29.6 Å². The van der Waals surface area contributed by atoms with Gasteiger partial charge < -0.3 is 30.5 Å². The van der Waals surface area contributed by atoms with Crippen LogP contribution in [-0.4, -0.2) is 91.1 Å².